The quantitative estimate of drug-likeness (QED) is 0.538. The number of thioether (sulfide) groups is 1. The molecule has 1 N–H and O–H groups in total. The largest absolute Gasteiger partial charge is 0.417 e. The molecular formula is C23H21F5N4O2S. The van der Waals surface area contributed by atoms with E-state index in [-0.39, 0.29) is 33.9 Å². The van der Waals surface area contributed by atoms with Crippen LogP contribution >= 0.6 is 11.8 Å². The van der Waals surface area contributed by atoms with Crippen LogP contribution in [0.25, 0.3) is 22.0 Å². The van der Waals surface area contributed by atoms with E-state index in [0.717, 1.165) is 30.0 Å². The number of aromatic nitrogens is 2. The summed E-state index contributed by atoms with van der Waals surface area (Å²) in [5.41, 5.74) is -2.26. The van der Waals surface area contributed by atoms with E-state index in [1.54, 1.807) is 4.90 Å². The Morgan fingerprint density at radius 2 is 1.91 bits per heavy atom. The highest BCUT2D eigenvalue weighted by Gasteiger charge is 2.39. The Morgan fingerprint density at radius 3 is 2.57 bits per heavy atom. The number of alkyl halides is 3. The Kier molecular flexibility index (Phi) is 6.22. The number of ether oxygens (including phenoxy) is 1. The molecule has 0 spiro atoms. The van der Waals surface area contributed by atoms with E-state index >= 15 is 0 Å². The molecule has 1 saturated heterocycles. The van der Waals surface area contributed by atoms with Gasteiger partial charge in [0.15, 0.2) is 0 Å². The number of halogens is 5. The maximum atomic E-state index is 14.9. The fourth-order valence-electron chi connectivity index (χ4n) is 4.58. The standard InChI is InChI=1S/C23H21F5N4O2S/c1-34-13-10-32-19-15(21(30-22(32)33)31-6-4-29-5-7-31)9-16(23(26,27)28)18(20(19)35-11-13)14-3-2-12(24)8-17(14)25/h2-3,8-9,13,29H,4-7,10-11H2,1H3. The van der Waals surface area contributed by atoms with Gasteiger partial charge in [0.2, 0.25) is 0 Å². The zero-order chi connectivity index (χ0) is 24.9. The average Bonchev–Trinajstić information content (AvgIpc) is 3.02. The summed E-state index contributed by atoms with van der Waals surface area (Å²) in [7, 11) is 1.45. The molecule has 6 nitrogen and oxygen atoms in total. The summed E-state index contributed by atoms with van der Waals surface area (Å²) in [5, 5.41) is 3.32. The van der Waals surface area contributed by atoms with Crippen molar-refractivity contribution in [2.24, 2.45) is 0 Å². The van der Waals surface area contributed by atoms with E-state index in [9.17, 15) is 26.7 Å². The molecule has 3 heterocycles. The highest BCUT2D eigenvalue weighted by molar-refractivity contribution is 7.99. The first kappa shape index (κ1) is 24.0. The van der Waals surface area contributed by atoms with Crippen molar-refractivity contribution < 1.29 is 26.7 Å². The van der Waals surface area contributed by atoms with E-state index < -0.39 is 46.3 Å². The highest BCUT2D eigenvalue weighted by atomic mass is 32.2. The van der Waals surface area contributed by atoms with Gasteiger partial charge < -0.3 is 15.0 Å². The number of methoxy groups -OCH3 is 1. The molecule has 1 unspecified atom stereocenters. The number of nitrogens with one attached hydrogen (secondary N) is 1. The summed E-state index contributed by atoms with van der Waals surface area (Å²) in [4.78, 5) is 19.2. The lowest BCUT2D eigenvalue weighted by Gasteiger charge is -2.30. The van der Waals surface area contributed by atoms with Crippen LogP contribution in [0.2, 0.25) is 0 Å². The van der Waals surface area contributed by atoms with Gasteiger partial charge in [0.05, 0.1) is 23.7 Å². The SMILES string of the molecule is COC1CSc2c(-c3ccc(F)cc3F)c(C(F)(F)F)cc3c(N4CCNCC4)nc(=O)n(c23)C1. The van der Waals surface area contributed by atoms with Gasteiger partial charge in [-0.1, -0.05) is 0 Å². The van der Waals surface area contributed by atoms with E-state index in [2.05, 4.69) is 10.3 Å². The van der Waals surface area contributed by atoms with Crippen molar-refractivity contribution in [3.63, 3.8) is 0 Å². The molecule has 12 heteroatoms. The van der Waals surface area contributed by atoms with Crippen molar-refractivity contribution in [1.82, 2.24) is 14.9 Å². The Hall–Kier alpha value is -2.70. The fourth-order valence-corrected chi connectivity index (χ4v) is 5.89. The van der Waals surface area contributed by atoms with Crippen LogP contribution in [0.5, 0.6) is 0 Å². The minimum Gasteiger partial charge on any atom is -0.379 e. The normalized spacial score (nSPS) is 18.7. The maximum Gasteiger partial charge on any atom is 0.417 e. The minimum absolute atomic E-state index is 0.0807. The van der Waals surface area contributed by atoms with Crippen molar-refractivity contribution in [3.8, 4) is 11.1 Å². The molecule has 0 radical (unpaired) electrons. The lowest BCUT2D eigenvalue weighted by molar-refractivity contribution is -0.137. The van der Waals surface area contributed by atoms with Crippen LogP contribution in [-0.2, 0) is 17.5 Å². The van der Waals surface area contributed by atoms with E-state index in [0.29, 0.717) is 32.2 Å². The van der Waals surface area contributed by atoms with Gasteiger partial charge in [-0.25, -0.2) is 13.6 Å². The Balaban J connectivity index is 1.92. The molecule has 1 atom stereocenters. The molecule has 2 aliphatic heterocycles. The number of hydrogen-bond acceptors (Lipinski definition) is 6. The molecule has 35 heavy (non-hydrogen) atoms. The van der Waals surface area contributed by atoms with Crippen molar-refractivity contribution in [1.29, 1.82) is 0 Å². The van der Waals surface area contributed by atoms with Gasteiger partial charge in [-0.3, -0.25) is 4.57 Å². The monoisotopic (exact) mass is 512 g/mol. The first-order valence-electron chi connectivity index (χ1n) is 10.9. The molecule has 3 aromatic rings. The molecule has 2 aromatic carbocycles. The third kappa shape index (κ3) is 4.27. The van der Waals surface area contributed by atoms with Crippen molar-refractivity contribution in [2.45, 2.75) is 23.7 Å². The topological polar surface area (TPSA) is 59.4 Å². The molecule has 5 rings (SSSR count). The fraction of sp³-hybridized carbons (Fsp3) is 0.391. The Labute approximate surface area is 201 Å². The van der Waals surface area contributed by atoms with Crippen molar-refractivity contribution >= 4 is 28.5 Å². The molecule has 1 fully saturated rings. The smallest absolute Gasteiger partial charge is 0.379 e. The molecule has 0 amide bonds. The van der Waals surface area contributed by atoms with Gasteiger partial charge in [0.1, 0.15) is 17.5 Å². The first-order valence-corrected chi connectivity index (χ1v) is 11.9. The van der Waals surface area contributed by atoms with Gasteiger partial charge in [-0.15, -0.1) is 11.8 Å². The van der Waals surface area contributed by atoms with Gasteiger partial charge >= 0.3 is 11.9 Å². The third-order valence-electron chi connectivity index (χ3n) is 6.25. The second-order valence-corrected chi connectivity index (χ2v) is 9.41. The predicted molar refractivity (Wildman–Crippen MR) is 123 cm³/mol. The summed E-state index contributed by atoms with van der Waals surface area (Å²) >= 11 is 1.06. The molecular weight excluding hydrogens is 491 g/mol. The van der Waals surface area contributed by atoms with Gasteiger partial charge in [-0.2, -0.15) is 18.2 Å². The third-order valence-corrected chi connectivity index (χ3v) is 7.48. The van der Waals surface area contributed by atoms with E-state index in [1.807, 2.05) is 0 Å². The van der Waals surface area contributed by atoms with Crippen LogP contribution in [0, 0.1) is 11.6 Å². The molecule has 186 valence electrons. The summed E-state index contributed by atoms with van der Waals surface area (Å²) in [6.07, 6.45) is -5.34. The second-order valence-electron chi connectivity index (χ2n) is 8.38. The summed E-state index contributed by atoms with van der Waals surface area (Å²) in [6.45, 7) is 2.18. The van der Waals surface area contributed by atoms with Crippen LogP contribution < -0.4 is 15.9 Å². The Bertz CT molecular complexity index is 1350. The van der Waals surface area contributed by atoms with Crippen molar-refractivity contribution in [3.05, 3.63) is 51.9 Å². The minimum atomic E-state index is -4.85. The van der Waals surface area contributed by atoms with Crippen LogP contribution in [0.1, 0.15) is 5.56 Å². The first-order chi connectivity index (χ1) is 16.7. The zero-order valence-corrected chi connectivity index (χ0v) is 19.4. The molecule has 0 saturated carbocycles. The summed E-state index contributed by atoms with van der Waals surface area (Å²) < 4.78 is 78.7. The zero-order valence-electron chi connectivity index (χ0n) is 18.6. The van der Waals surface area contributed by atoms with Crippen LogP contribution in [-0.4, -0.2) is 54.7 Å². The maximum absolute atomic E-state index is 14.9. The van der Waals surface area contributed by atoms with Gasteiger partial charge in [0.25, 0.3) is 0 Å². The Morgan fingerprint density at radius 1 is 1.17 bits per heavy atom. The van der Waals surface area contributed by atoms with Crippen molar-refractivity contribution in [2.75, 3.05) is 43.9 Å². The number of nitrogens with zero attached hydrogens (tertiary/aromatic N) is 3. The summed E-state index contributed by atoms with van der Waals surface area (Å²) in [6, 6.07) is 3.40. The molecule has 0 aliphatic carbocycles. The van der Waals surface area contributed by atoms with Gasteiger partial charge in [-0.05, 0) is 18.2 Å². The lowest BCUT2D eigenvalue weighted by atomic mass is 9.95. The second kappa shape index (κ2) is 9.07. The van der Waals surface area contributed by atoms with Crippen LogP contribution in [0.3, 0.4) is 0 Å². The van der Waals surface area contributed by atoms with Gasteiger partial charge in [0, 0.05) is 66.5 Å². The van der Waals surface area contributed by atoms with E-state index in [4.69, 9.17) is 4.74 Å². The highest BCUT2D eigenvalue weighted by Crippen LogP contribution is 2.48. The van der Waals surface area contributed by atoms with Crippen LogP contribution in [0.4, 0.5) is 27.8 Å². The molecule has 1 aromatic heterocycles. The number of anilines is 1. The number of rotatable bonds is 3. The molecule has 2 aliphatic rings. The average molecular weight is 513 g/mol. The van der Waals surface area contributed by atoms with E-state index in [1.165, 1.54) is 11.7 Å². The van der Waals surface area contributed by atoms with Crippen LogP contribution in [0.15, 0.2) is 34.0 Å². The number of piperazine rings is 1. The summed E-state index contributed by atoms with van der Waals surface area (Å²) in [5.74, 6) is -1.63. The lowest BCUT2D eigenvalue weighted by Crippen LogP contribution is -2.45. The number of benzene rings is 2. The number of hydrogen-bond donors (Lipinski definition) is 1. The molecule has 0 bridgehead atoms. The predicted octanol–water partition coefficient (Wildman–Crippen LogP) is 3.89.